The van der Waals surface area contributed by atoms with Crippen molar-refractivity contribution in [3.63, 3.8) is 0 Å². The molecule has 0 spiro atoms. The molecule has 0 aromatic heterocycles. The van der Waals surface area contributed by atoms with Gasteiger partial charge in [-0.1, -0.05) is 38.2 Å². The fraction of sp³-hybridized carbons (Fsp3) is 0.562. The number of ketones is 1. The zero-order valence-electron chi connectivity index (χ0n) is 11.1. The Kier molecular flexibility index (Phi) is 5.06. The highest BCUT2D eigenvalue weighted by Crippen LogP contribution is 2.27. The molecule has 0 N–H and O–H groups in total. The number of carbonyl (C=O) groups excluding carboxylic acids is 1. The maximum atomic E-state index is 13.4. The Morgan fingerprint density at radius 2 is 1.89 bits per heavy atom. The van der Waals surface area contributed by atoms with Crippen molar-refractivity contribution in [1.82, 2.24) is 0 Å². The third-order valence-electron chi connectivity index (χ3n) is 3.96. The second-order valence-electron chi connectivity index (χ2n) is 5.49. The highest BCUT2D eigenvalue weighted by atomic mass is 19.1. The lowest BCUT2D eigenvalue weighted by Gasteiger charge is -2.20. The van der Waals surface area contributed by atoms with E-state index < -0.39 is 11.6 Å². The Hall–Kier alpha value is -1.25. The van der Waals surface area contributed by atoms with Crippen LogP contribution in [0.4, 0.5) is 8.78 Å². The van der Waals surface area contributed by atoms with Crippen LogP contribution in [0.5, 0.6) is 0 Å². The molecule has 104 valence electrons. The summed E-state index contributed by atoms with van der Waals surface area (Å²) in [5, 5.41) is 0. The van der Waals surface area contributed by atoms with E-state index in [0.717, 1.165) is 12.5 Å². The Morgan fingerprint density at radius 1 is 1.16 bits per heavy atom. The van der Waals surface area contributed by atoms with Gasteiger partial charge < -0.3 is 0 Å². The van der Waals surface area contributed by atoms with E-state index in [-0.39, 0.29) is 12.2 Å². The Labute approximate surface area is 113 Å². The first kappa shape index (κ1) is 14.2. The highest BCUT2D eigenvalue weighted by molar-refractivity contribution is 5.80. The molecule has 0 bridgehead atoms. The maximum Gasteiger partial charge on any atom is 0.137 e. The van der Waals surface area contributed by atoms with Gasteiger partial charge in [0, 0.05) is 18.9 Å². The number of hydrogen-bond acceptors (Lipinski definition) is 1. The smallest absolute Gasteiger partial charge is 0.137 e. The van der Waals surface area contributed by atoms with Crippen LogP contribution in [0, 0.1) is 17.6 Å². The van der Waals surface area contributed by atoms with Crippen LogP contribution in [0.25, 0.3) is 0 Å². The first-order chi connectivity index (χ1) is 9.15. The molecule has 0 radical (unpaired) electrons. The summed E-state index contributed by atoms with van der Waals surface area (Å²) in [4.78, 5) is 11.8. The van der Waals surface area contributed by atoms with E-state index in [0.29, 0.717) is 17.9 Å². The monoisotopic (exact) mass is 266 g/mol. The van der Waals surface area contributed by atoms with E-state index in [9.17, 15) is 13.6 Å². The average molecular weight is 266 g/mol. The van der Waals surface area contributed by atoms with E-state index >= 15 is 0 Å². The summed E-state index contributed by atoms with van der Waals surface area (Å²) in [5.41, 5.74) is 0.301. The van der Waals surface area contributed by atoms with Gasteiger partial charge in [0.2, 0.25) is 0 Å². The topological polar surface area (TPSA) is 17.1 Å². The van der Waals surface area contributed by atoms with Crippen LogP contribution >= 0.6 is 0 Å². The molecule has 2 rings (SSSR count). The van der Waals surface area contributed by atoms with Gasteiger partial charge in [-0.3, -0.25) is 4.79 Å². The van der Waals surface area contributed by atoms with E-state index in [1.807, 2.05) is 0 Å². The molecule has 19 heavy (non-hydrogen) atoms. The Balaban J connectivity index is 1.80. The van der Waals surface area contributed by atoms with Gasteiger partial charge in [0.05, 0.1) is 0 Å². The minimum Gasteiger partial charge on any atom is -0.299 e. The number of rotatable bonds is 5. The maximum absolute atomic E-state index is 13.4. The van der Waals surface area contributed by atoms with Gasteiger partial charge in [-0.05, 0) is 24.0 Å². The second kappa shape index (κ2) is 6.78. The van der Waals surface area contributed by atoms with Crippen LogP contribution in [-0.4, -0.2) is 5.78 Å². The minimum atomic E-state index is -0.619. The Morgan fingerprint density at radius 3 is 2.58 bits per heavy atom. The number of hydrogen-bond donors (Lipinski definition) is 0. The van der Waals surface area contributed by atoms with E-state index in [4.69, 9.17) is 0 Å². The molecule has 0 saturated heterocycles. The predicted molar refractivity (Wildman–Crippen MR) is 70.9 cm³/mol. The standard InChI is InChI=1S/C16H20F2O/c17-14-8-7-13(16(18)11-14)10-15(19)9-6-12-4-2-1-3-5-12/h7-8,11-12H,1-6,9-10H2. The first-order valence-corrected chi connectivity index (χ1v) is 7.11. The fourth-order valence-corrected chi connectivity index (χ4v) is 2.81. The summed E-state index contributed by atoms with van der Waals surface area (Å²) in [6.07, 6.45) is 7.81. The molecule has 1 nitrogen and oxygen atoms in total. The molecule has 0 heterocycles. The number of carbonyl (C=O) groups is 1. The lowest BCUT2D eigenvalue weighted by molar-refractivity contribution is -0.118. The van der Waals surface area contributed by atoms with Crippen molar-refractivity contribution in [3.8, 4) is 0 Å². The van der Waals surface area contributed by atoms with Crippen molar-refractivity contribution < 1.29 is 13.6 Å². The van der Waals surface area contributed by atoms with Crippen LogP contribution in [0.1, 0.15) is 50.5 Å². The minimum absolute atomic E-state index is 0.0519. The summed E-state index contributed by atoms with van der Waals surface area (Å²) in [5.74, 6) is -0.506. The molecule has 0 aliphatic heterocycles. The summed E-state index contributed by atoms with van der Waals surface area (Å²) in [7, 11) is 0. The number of halogens is 2. The van der Waals surface area contributed by atoms with Crippen molar-refractivity contribution in [1.29, 1.82) is 0 Å². The molecule has 0 atom stereocenters. The lowest BCUT2D eigenvalue weighted by atomic mass is 9.85. The fourth-order valence-electron chi connectivity index (χ4n) is 2.81. The van der Waals surface area contributed by atoms with E-state index in [2.05, 4.69) is 0 Å². The summed E-state index contributed by atoms with van der Waals surface area (Å²) >= 11 is 0. The number of Topliss-reactive ketones (excluding diaryl/α,β-unsaturated/α-hetero) is 1. The van der Waals surface area contributed by atoms with Crippen molar-refractivity contribution in [2.75, 3.05) is 0 Å². The second-order valence-corrected chi connectivity index (χ2v) is 5.49. The predicted octanol–water partition coefficient (Wildman–Crippen LogP) is 4.44. The molecule has 1 saturated carbocycles. The molecule has 1 fully saturated rings. The van der Waals surface area contributed by atoms with Gasteiger partial charge in [0.25, 0.3) is 0 Å². The van der Waals surface area contributed by atoms with Crippen molar-refractivity contribution in [2.45, 2.75) is 51.4 Å². The Bertz CT molecular complexity index is 436. The lowest BCUT2D eigenvalue weighted by Crippen LogP contribution is -2.11. The van der Waals surface area contributed by atoms with Crippen LogP contribution in [0.3, 0.4) is 0 Å². The van der Waals surface area contributed by atoms with Gasteiger partial charge in [0.1, 0.15) is 17.4 Å². The third kappa shape index (κ3) is 4.41. The molecule has 1 aromatic rings. The van der Waals surface area contributed by atoms with Gasteiger partial charge in [0.15, 0.2) is 0 Å². The molecular formula is C16H20F2O. The van der Waals surface area contributed by atoms with Gasteiger partial charge in [-0.25, -0.2) is 8.78 Å². The molecular weight excluding hydrogens is 246 g/mol. The van der Waals surface area contributed by atoms with Crippen LogP contribution in [0.2, 0.25) is 0 Å². The zero-order chi connectivity index (χ0) is 13.7. The largest absolute Gasteiger partial charge is 0.299 e. The zero-order valence-corrected chi connectivity index (χ0v) is 11.1. The van der Waals surface area contributed by atoms with Gasteiger partial charge in [-0.2, -0.15) is 0 Å². The first-order valence-electron chi connectivity index (χ1n) is 7.11. The molecule has 1 aromatic carbocycles. The number of benzene rings is 1. The van der Waals surface area contributed by atoms with E-state index in [1.165, 1.54) is 44.2 Å². The van der Waals surface area contributed by atoms with Crippen molar-refractivity contribution >= 4 is 5.78 Å². The molecule has 0 amide bonds. The highest BCUT2D eigenvalue weighted by Gasteiger charge is 2.15. The molecule has 1 aliphatic rings. The average Bonchev–Trinajstić information content (AvgIpc) is 2.41. The summed E-state index contributed by atoms with van der Waals surface area (Å²) in [6, 6.07) is 3.40. The van der Waals surface area contributed by atoms with Crippen LogP contribution in [-0.2, 0) is 11.2 Å². The molecule has 3 heteroatoms. The summed E-state index contributed by atoms with van der Waals surface area (Å²) < 4.78 is 26.2. The molecule has 0 unspecified atom stereocenters. The molecule has 1 aliphatic carbocycles. The summed E-state index contributed by atoms with van der Waals surface area (Å²) in [6.45, 7) is 0. The third-order valence-corrected chi connectivity index (χ3v) is 3.96. The van der Waals surface area contributed by atoms with Gasteiger partial charge >= 0.3 is 0 Å². The van der Waals surface area contributed by atoms with E-state index in [1.54, 1.807) is 0 Å². The van der Waals surface area contributed by atoms with Crippen molar-refractivity contribution in [2.24, 2.45) is 5.92 Å². The van der Waals surface area contributed by atoms with Crippen molar-refractivity contribution in [3.05, 3.63) is 35.4 Å². The normalized spacial score (nSPS) is 16.5. The quantitative estimate of drug-likeness (QED) is 0.770. The van der Waals surface area contributed by atoms with Crippen LogP contribution < -0.4 is 0 Å². The SMILES string of the molecule is O=C(CCC1CCCCC1)Cc1ccc(F)cc1F. The van der Waals surface area contributed by atoms with Gasteiger partial charge in [-0.15, -0.1) is 0 Å². The van der Waals surface area contributed by atoms with Crippen LogP contribution in [0.15, 0.2) is 18.2 Å².